The number of carbonyl (C=O) groups is 2. The fourth-order valence-electron chi connectivity index (χ4n) is 5.17. The van der Waals surface area contributed by atoms with E-state index in [1.54, 1.807) is 0 Å². The second-order valence-corrected chi connectivity index (χ2v) is 12.6. The molecular formula is C25H48BN3O4. The number of nitrogens with zero attached hydrogens (tertiary/aromatic N) is 1. The molecule has 2 fully saturated rings. The molecule has 0 radical (unpaired) electrons. The van der Waals surface area contributed by atoms with Gasteiger partial charge in [-0.1, -0.05) is 12.8 Å². The van der Waals surface area contributed by atoms with Gasteiger partial charge in [-0.3, -0.25) is 9.59 Å². The second-order valence-electron chi connectivity index (χ2n) is 12.6. The molecule has 0 aromatic heterocycles. The molecule has 2 aliphatic rings. The molecule has 2 rings (SSSR count). The number of nitrogens with one attached hydrogen (secondary N) is 2. The molecule has 190 valence electrons. The molecular weight excluding hydrogens is 417 g/mol. The summed E-state index contributed by atoms with van der Waals surface area (Å²) < 4.78 is 12.4. The zero-order valence-electron chi connectivity index (χ0n) is 22.8. The molecule has 33 heavy (non-hydrogen) atoms. The van der Waals surface area contributed by atoms with Crippen molar-refractivity contribution in [1.82, 2.24) is 15.5 Å². The topological polar surface area (TPSA) is 79.9 Å². The zero-order valence-corrected chi connectivity index (χ0v) is 22.8. The SMILES string of the molecule is CC(=O)N[C@]1(C(=O)NC(C)(C)C)C[C@H](CCB2OC(C)(C)C(C)(C)O2)CC[C@@H]1CCN(C)C. The second kappa shape index (κ2) is 10.2. The van der Waals surface area contributed by atoms with Crippen LogP contribution in [0.2, 0.25) is 6.32 Å². The van der Waals surface area contributed by atoms with Gasteiger partial charge in [-0.15, -0.1) is 0 Å². The Bertz CT molecular complexity index is 688. The van der Waals surface area contributed by atoms with Gasteiger partial charge < -0.3 is 24.8 Å². The van der Waals surface area contributed by atoms with Crippen LogP contribution in [0.25, 0.3) is 0 Å². The average molecular weight is 465 g/mol. The van der Waals surface area contributed by atoms with Crippen molar-refractivity contribution < 1.29 is 18.9 Å². The van der Waals surface area contributed by atoms with Crippen LogP contribution >= 0.6 is 0 Å². The predicted molar refractivity (Wildman–Crippen MR) is 134 cm³/mol. The number of rotatable bonds is 8. The Kier molecular flexibility index (Phi) is 8.73. The van der Waals surface area contributed by atoms with E-state index in [-0.39, 0.29) is 41.6 Å². The van der Waals surface area contributed by atoms with Gasteiger partial charge in [-0.05, 0) is 107 Å². The molecule has 1 saturated heterocycles. The lowest BCUT2D eigenvalue weighted by Gasteiger charge is -2.47. The maximum atomic E-state index is 13.7. The molecule has 2 N–H and O–H groups in total. The smallest absolute Gasteiger partial charge is 0.403 e. The molecule has 2 amide bonds. The summed E-state index contributed by atoms with van der Waals surface area (Å²) in [6.07, 6.45) is 5.17. The maximum Gasteiger partial charge on any atom is 0.457 e. The van der Waals surface area contributed by atoms with E-state index in [9.17, 15) is 9.59 Å². The van der Waals surface area contributed by atoms with Crippen molar-refractivity contribution in [2.75, 3.05) is 20.6 Å². The molecule has 0 aromatic rings. The van der Waals surface area contributed by atoms with Crippen LogP contribution in [0.4, 0.5) is 0 Å². The van der Waals surface area contributed by atoms with Crippen LogP contribution in [-0.4, -0.2) is 66.8 Å². The van der Waals surface area contributed by atoms with Gasteiger partial charge in [0.1, 0.15) is 5.54 Å². The van der Waals surface area contributed by atoms with Crippen molar-refractivity contribution >= 4 is 18.9 Å². The van der Waals surface area contributed by atoms with E-state index in [2.05, 4.69) is 43.2 Å². The first-order valence-corrected chi connectivity index (χ1v) is 12.6. The molecule has 0 bridgehead atoms. The van der Waals surface area contributed by atoms with Gasteiger partial charge in [0.2, 0.25) is 11.8 Å². The minimum Gasteiger partial charge on any atom is -0.403 e. The number of carbonyl (C=O) groups excluding carboxylic acids is 2. The Morgan fingerprint density at radius 2 is 1.61 bits per heavy atom. The van der Waals surface area contributed by atoms with Crippen molar-refractivity contribution in [3.8, 4) is 0 Å². The third-order valence-corrected chi connectivity index (χ3v) is 7.56. The lowest BCUT2D eigenvalue weighted by molar-refractivity contribution is -0.139. The molecule has 7 nitrogen and oxygen atoms in total. The van der Waals surface area contributed by atoms with Gasteiger partial charge in [0.25, 0.3) is 0 Å². The van der Waals surface area contributed by atoms with E-state index >= 15 is 0 Å². The van der Waals surface area contributed by atoms with Crippen molar-refractivity contribution in [2.24, 2.45) is 11.8 Å². The molecule has 0 unspecified atom stereocenters. The van der Waals surface area contributed by atoms with Gasteiger partial charge in [-0.2, -0.15) is 0 Å². The third-order valence-electron chi connectivity index (χ3n) is 7.56. The monoisotopic (exact) mass is 465 g/mol. The van der Waals surface area contributed by atoms with E-state index in [4.69, 9.17) is 9.31 Å². The van der Waals surface area contributed by atoms with Crippen molar-refractivity contribution in [3.05, 3.63) is 0 Å². The first-order valence-electron chi connectivity index (χ1n) is 12.6. The minimum absolute atomic E-state index is 0.0608. The van der Waals surface area contributed by atoms with Crippen LogP contribution in [0.3, 0.4) is 0 Å². The molecule has 1 aliphatic heterocycles. The minimum atomic E-state index is -0.895. The van der Waals surface area contributed by atoms with E-state index < -0.39 is 5.54 Å². The Hall–Kier alpha value is -1.12. The summed E-state index contributed by atoms with van der Waals surface area (Å²) in [5.74, 6) is 0.200. The van der Waals surface area contributed by atoms with Crippen molar-refractivity contribution in [3.63, 3.8) is 0 Å². The van der Waals surface area contributed by atoms with Crippen LogP contribution in [0, 0.1) is 11.8 Å². The Morgan fingerprint density at radius 1 is 1.03 bits per heavy atom. The quantitative estimate of drug-likeness (QED) is 0.536. The number of amides is 2. The van der Waals surface area contributed by atoms with Gasteiger partial charge in [0, 0.05) is 12.5 Å². The highest BCUT2D eigenvalue weighted by Crippen LogP contribution is 2.43. The first kappa shape index (κ1) is 28.1. The summed E-state index contributed by atoms with van der Waals surface area (Å²) in [4.78, 5) is 28.2. The largest absolute Gasteiger partial charge is 0.457 e. The van der Waals surface area contributed by atoms with Crippen molar-refractivity contribution in [2.45, 2.75) is 116 Å². The zero-order chi connectivity index (χ0) is 25.2. The third kappa shape index (κ3) is 7.19. The van der Waals surface area contributed by atoms with Crippen LogP contribution < -0.4 is 10.6 Å². The molecule has 1 heterocycles. The van der Waals surface area contributed by atoms with Gasteiger partial charge >= 0.3 is 7.12 Å². The summed E-state index contributed by atoms with van der Waals surface area (Å²) in [7, 11) is 3.86. The maximum absolute atomic E-state index is 13.7. The highest BCUT2D eigenvalue weighted by molar-refractivity contribution is 6.45. The Balaban J connectivity index is 2.21. The van der Waals surface area contributed by atoms with E-state index in [1.807, 2.05) is 34.9 Å². The fourth-order valence-corrected chi connectivity index (χ4v) is 5.17. The van der Waals surface area contributed by atoms with Gasteiger partial charge in [0.15, 0.2) is 0 Å². The van der Waals surface area contributed by atoms with Gasteiger partial charge in [-0.25, -0.2) is 0 Å². The molecule has 3 atom stereocenters. The van der Waals surface area contributed by atoms with E-state index in [0.717, 1.165) is 38.5 Å². The Labute approximate surface area is 202 Å². The summed E-state index contributed by atoms with van der Waals surface area (Å²) in [6, 6.07) is 0. The summed E-state index contributed by atoms with van der Waals surface area (Å²) >= 11 is 0. The summed E-state index contributed by atoms with van der Waals surface area (Å²) in [5, 5.41) is 6.32. The standard InChI is InChI=1S/C25H48BN3O4/c1-18(30)27-25(21(31)28-22(2,3)4)17-19(11-12-20(25)14-16-29(9)10)13-15-26-32-23(5,6)24(7,8)33-26/h19-20H,11-17H2,1-10H3,(H,27,30)(H,28,31)/t19-,20+,25+/m0/s1. The lowest BCUT2D eigenvalue weighted by Crippen LogP contribution is -2.67. The Morgan fingerprint density at radius 3 is 2.09 bits per heavy atom. The van der Waals surface area contributed by atoms with Crippen LogP contribution in [-0.2, 0) is 18.9 Å². The van der Waals surface area contributed by atoms with Crippen molar-refractivity contribution in [1.29, 1.82) is 0 Å². The molecule has 0 aromatic carbocycles. The van der Waals surface area contributed by atoms with Crippen LogP contribution in [0.15, 0.2) is 0 Å². The average Bonchev–Trinajstić information content (AvgIpc) is 2.83. The van der Waals surface area contributed by atoms with E-state index in [0.29, 0.717) is 12.3 Å². The highest BCUT2D eigenvalue weighted by Gasteiger charge is 2.53. The molecule has 1 saturated carbocycles. The highest BCUT2D eigenvalue weighted by atomic mass is 16.7. The normalized spacial score (nSPS) is 29.2. The van der Waals surface area contributed by atoms with Crippen LogP contribution in [0.1, 0.15) is 87.5 Å². The van der Waals surface area contributed by atoms with Gasteiger partial charge in [0.05, 0.1) is 11.2 Å². The summed E-state index contributed by atoms with van der Waals surface area (Å²) in [6.45, 7) is 16.6. The molecule has 8 heteroatoms. The van der Waals surface area contributed by atoms with Crippen LogP contribution in [0.5, 0.6) is 0 Å². The summed E-state index contributed by atoms with van der Waals surface area (Å²) in [5.41, 5.74) is -1.94. The number of hydrogen-bond acceptors (Lipinski definition) is 5. The first-order chi connectivity index (χ1) is 15.0. The lowest BCUT2D eigenvalue weighted by atomic mass is 9.64. The number of hydrogen-bond donors (Lipinski definition) is 2. The predicted octanol–water partition coefficient (Wildman–Crippen LogP) is 3.63. The molecule has 0 spiro atoms. The van der Waals surface area contributed by atoms with E-state index in [1.165, 1.54) is 6.92 Å². The molecule has 1 aliphatic carbocycles. The fraction of sp³-hybridized carbons (Fsp3) is 0.920.